The molecule has 26 heavy (non-hydrogen) atoms. The molecule has 0 aliphatic heterocycles. The van der Waals surface area contributed by atoms with Crippen LogP contribution in [0.1, 0.15) is 16.8 Å². The van der Waals surface area contributed by atoms with Gasteiger partial charge in [0.05, 0.1) is 32.6 Å². The summed E-state index contributed by atoms with van der Waals surface area (Å²) in [4.78, 5) is 23.7. The van der Waals surface area contributed by atoms with Crippen molar-refractivity contribution in [2.24, 2.45) is 0 Å². The number of benzene rings is 2. The molecule has 0 aliphatic carbocycles. The highest BCUT2D eigenvalue weighted by Crippen LogP contribution is 2.28. The van der Waals surface area contributed by atoms with Gasteiger partial charge in [0.1, 0.15) is 11.5 Å². The number of amides is 1. The molecule has 7 nitrogen and oxygen atoms in total. The average Bonchev–Trinajstić information content (AvgIpc) is 2.67. The SMILES string of the molecule is COC(=O)c1cccc(NCCC(=O)Nc2cc(OC)ccc2OC)c1. The van der Waals surface area contributed by atoms with Gasteiger partial charge < -0.3 is 24.8 Å². The molecular formula is C19H22N2O5. The zero-order valence-corrected chi connectivity index (χ0v) is 15.0. The Morgan fingerprint density at radius 2 is 1.81 bits per heavy atom. The first kappa shape index (κ1) is 19.1. The molecule has 0 radical (unpaired) electrons. The molecule has 0 saturated carbocycles. The minimum Gasteiger partial charge on any atom is -0.497 e. The van der Waals surface area contributed by atoms with Crippen molar-refractivity contribution in [3.8, 4) is 11.5 Å². The standard InChI is InChI=1S/C19H22N2O5/c1-24-15-7-8-17(25-2)16(12-15)21-18(22)9-10-20-14-6-4-5-13(11-14)19(23)26-3/h4-8,11-12,20H,9-10H2,1-3H3,(H,21,22). The second-order valence-corrected chi connectivity index (χ2v) is 5.36. The largest absolute Gasteiger partial charge is 0.497 e. The first-order valence-corrected chi connectivity index (χ1v) is 8.01. The third-order valence-corrected chi connectivity index (χ3v) is 3.65. The molecule has 0 heterocycles. The van der Waals surface area contributed by atoms with Crippen LogP contribution in [-0.2, 0) is 9.53 Å². The van der Waals surface area contributed by atoms with E-state index in [0.717, 1.165) is 5.69 Å². The van der Waals surface area contributed by atoms with Gasteiger partial charge in [0, 0.05) is 24.7 Å². The molecule has 2 N–H and O–H groups in total. The van der Waals surface area contributed by atoms with Crippen molar-refractivity contribution in [3.63, 3.8) is 0 Å². The summed E-state index contributed by atoms with van der Waals surface area (Å²) in [5, 5.41) is 5.91. The van der Waals surface area contributed by atoms with Gasteiger partial charge in [-0.1, -0.05) is 6.07 Å². The number of esters is 1. The lowest BCUT2D eigenvalue weighted by Gasteiger charge is -2.12. The van der Waals surface area contributed by atoms with Crippen LogP contribution in [0.5, 0.6) is 11.5 Å². The highest BCUT2D eigenvalue weighted by Gasteiger charge is 2.10. The highest BCUT2D eigenvalue weighted by atomic mass is 16.5. The van der Waals surface area contributed by atoms with E-state index in [2.05, 4.69) is 15.4 Å². The Morgan fingerprint density at radius 3 is 2.50 bits per heavy atom. The van der Waals surface area contributed by atoms with Crippen molar-refractivity contribution in [2.45, 2.75) is 6.42 Å². The van der Waals surface area contributed by atoms with Gasteiger partial charge in [-0.2, -0.15) is 0 Å². The number of carbonyl (C=O) groups excluding carboxylic acids is 2. The summed E-state index contributed by atoms with van der Waals surface area (Å²) in [7, 11) is 4.42. The maximum atomic E-state index is 12.2. The van der Waals surface area contributed by atoms with Gasteiger partial charge in [-0.05, 0) is 30.3 Å². The summed E-state index contributed by atoms with van der Waals surface area (Å²) in [5.41, 5.74) is 1.73. The quantitative estimate of drug-likeness (QED) is 0.706. The lowest BCUT2D eigenvalue weighted by atomic mass is 10.2. The Morgan fingerprint density at radius 1 is 1.00 bits per heavy atom. The minimum absolute atomic E-state index is 0.173. The monoisotopic (exact) mass is 358 g/mol. The molecule has 2 rings (SSSR count). The molecule has 2 aromatic rings. The number of hydrogen-bond acceptors (Lipinski definition) is 6. The minimum atomic E-state index is -0.406. The molecule has 0 spiro atoms. The van der Waals surface area contributed by atoms with Crippen LogP contribution in [0.4, 0.5) is 11.4 Å². The molecule has 0 fully saturated rings. The maximum absolute atomic E-state index is 12.2. The summed E-state index contributed by atoms with van der Waals surface area (Å²) in [5.74, 6) is 0.599. The van der Waals surface area contributed by atoms with Crippen molar-refractivity contribution < 1.29 is 23.8 Å². The van der Waals surface area contributed by atoms with Crippen LogP contribution >= 0.6 is 0 Å². The van der Waals surface area contributed by atoms with E-state index in [-0.39, 0.29) is 12.3 Å². The summed E-state index contributed by atoms with van der Waals surface area (Å²) >= 11 is 0. The molecule has 7 heteroatoms. The van der Waals surface area contributed by atoms with E-state index >= 15 is 0 Å². The van der Waals surface area contributed by atoms with E-state index in [9.17, 15) is 9.59 Å². The van der Waals surface area contributed by atoms with E-state index in [4.69, 9.17) is 9.47 Å². The van der Waals surface area contributed by atoms with Crippen molar-refractivity contribution in [1.29, 1.82) is 0 Å². The van der Waals surface area contributed by atoms with Gasteiger partial charge in [0.2, 0.25) is 5.91 Å². The molecule has 1 amide bonds. The van der Waals surface area contributed by atoms with Crippen molar-refractivity contribution >= 4 is 23.3 Å². The summed E-state index contributed by atoms with van der Waals surface area (Å²) in [6, 6.07) is 12.1. The Hall–Kier alpha value is -3.22. The van der Waals surface area contributed by atoms with Gasteiger partial charge in [-0.25, -0.2) is 4.79 Å². The second kappa shape index (κ2) is 9.31. The van der Waals surface area contributed by atoms with Crippen LogP contribution in [0.15, 0.2) is 42.5 Å². The lowest BCUT2D eigenvalue weighted by molar-refractivity contribution is -0.116. The third kappa shape index (κ3) is 5.14. The number of nitrogens with one attached hydrogen (secondary N) is 2. The fourth-order valence-corrected chi connectivity index (χ4v) is 2.32. The smallest absolute Gasteiger partial charge is 0.337 e. The highest BCUT2D eigenvalue weighted by molar-refractivity contribution is 5.93. The molecule has 0 aromatic heterocycles. The fraction of sp³-hybridized carbons (Fsp3) is 0.263. The Kier molecular flexibility index (Phi) is 6.84. The zero-order chi connectivity index (χ0) is 18.9. The van der Waals surface area contributed by atoms with Crippen LogP contribution in [0.2, 0.25) is 0 Å². The van der Waals surface area contributed by atoms with E-state index in [0.29, 0.717) is 29.3 Å². The van der Waals surface area contributed by atoms with Crippen LogP contribution in [0.25, 0.3) is 0 Å². The van der Waals surface area contributed by atoms with Crippen LogP contribution in [-0.4, -0.2) is 39.8 Å². The molecule has 0 bridgehead atoms. The number of carbonyl (C=O) groups is 2. The topological polar surface area (TPSA) is 85.9 Å². The van der Waals surface area contributed by atoms with Crippen molar-refractivity contribution in [1.82, 2.24) is 0 Å². The fourth-order valence-electron chi connectivity index (χ4n) is 2.32. The predicted molar refractivity (Wildman–Crippen MR) is 99.1 cm³/mol. The molecule has 0 aliphatic rings. The third-order valence-electron chi connectivity index (χ3n) is 3.65. The maximum Gasteiger partial charge on any atom is 0.337 e. The first-order chi connectivity index (χ1) is 12.6. The molecule has 138 valence electrons. The molecule has 0 unspecified atom stereocenters. The van der Waals surface area contributed by atoms with Crippen LogP contribution < -0.4 is 20.1 Å². The van der Waals surface area contributed by atoms with Gasteiger partial charge in [0.25, 0.3) is 0 Å². The van der Waals surface area contributed by atoms with Gasteiger partial charge in [-0.3, -0.25) is 4.79 Å². The van der Waals surface area contributed by atoms with Crippen molar-refractivity contribution in [3.05, 3.63) is 48.0 Å². The average molecular weight is 358 g/mol. The molecule has 0 saturated heterocycles. The Bertz CT molecular complexity index is 776. The number of rotatable bonds is 8. The predicted octanol–water partition coefficient (Wildman–Crippen LogP) is 2.93. The van der Waals surface area contributed by atoms with E-state index in [1.54, 1.807) is 43.5 Å². The summed E-state index contributed by atoms with van der Waals surface area (Å²) < 4.78 is 15.1. The number of anilines is 2. The lowest BCUT2D eigenvalue weighted by Crippen LogP contribution is -2.17. The molecule has 0 atom stereocenters. The van der Waals surface area contributed by atoms with E-state index in [1.165, 1.54) is 14.2 Å². The van der Waals surface area contributed by atoms with Crippen LogP contribution in [0, 0.1) is 0 Å². The Labute approximate surface area is 152 Å². The molecular weight excluding hydrogens is 336 g/mol. The van der Waals surface area contributed by atoms with Gasteiger partial charge >= 0.3 is 5.97 Å². The van der Waals surface area contributed by atoms with Gasteiger partial charge in [0.15, 0.2) is 0 Å². The number of ether oxygens (including phenoxy) is 3. The molecule has 2 aromatic carbocycles. The van der Waals surface area contributed by atoms with E-state index < -0.39 is 5.97 Å². The van der Waals surface area contributed by atoms with Gasteiger partial charge in [-0.15, -0.1) is 0 Å². The zero-order valence-electron chi connectivity index (χ0n) is 15.0. The summed E-state index contributed by atoms with van der Waals surface area (Å²) in [6.07, 6.45) is 0.239. The first-order valence-electron chi connectivity index (χ1n) is 8.01. The normalized spacial score (nSPS) is 9.96. The number of methoxy groups -OCH3 is 3. The van der Waals surface area contributed by atoms with Crippen molar-refractivity contribution in [2.75, 3.05) is 38.5 Å². The van der Waals surface area contributed by atoms with Crippen LogP contribution in [0.3, 0.4) is 0 Å². The van der Waals surface area contributed by atoms with E-state index in [1.807, 2.05) is 6.07 Å². The Balaban J connectivity index is 1.91. The summed E-state index contributed by atoms with van der Waals surface area (Å²) in [6.45, 7) is 0.405. The number of hydrogen-bond donors (Lipinski definition) is 2. The second-order valence-electron chi connectivity index (χ2n) is 5.36.